The van der Waals surface area contributed by atoms with Gasteiger partial charge in [-0.2, -0.15) is 4.68 Å². The lowest BCUT2D eigenvalue weighted by Gasteiger charge is -2.06. The summed E-state index contributed by atoms with van der Waals surface area (Å²) in [6.07, 6.45) is 3.21. The fourth-order valence-electron chi connectivity index (χ4n) is 2.20. The van der Waals surface area contributed by atoms with E-state index in [-0.39, 0.29) is 5.56 Å². The van der Waals surface area contributed by atoms with Crippen LogP contribution in [0.4, 0.5) is 5.69 Å². The van der Waals surface area contributed by atoms with Crippen LogP contribution >= 0.6 is 11.6 Å². The average Bonchev–Trinajstić information content (AvgIpc) is 3.04. The van der Waals surface area contributed by atoms with Crippen molar-refractivity contribution in [2.75, 3.05) is 5.32 Å². The molecule has 0 saturated carbocycles. The number of hydrogen-bond acceptors (Lipinski definition) is 5. The van der Waals surface area contributed by atoms with Crippen LogP contribution in [0.2, 0.25) is 5.02 Å². The first kappa shape index (κ1) is 16.7. The third-order valence-electron chi connectivity index (χ3n) is 3.46. The number of anilines is 1. The Morgan fingerprint density at radius 1 is 1.24 bits per heavy atom. The van der Waals surface area contributed by atoms with Crippen molar-refractivity contribution in [3.8, 4) is 5.69 Å². The molecule has 25 heavy (non-hydrogen) atoms. The van der Waals surface area contributed by atoms with Crippen LogP contribution in [-0.2, 0) is 0 Å². The third kappa shape index (κ3) is 3.84. The van der Waals surface area contributed by atoms with Gasteiger partial charge in [0.05, 0.1) is 16.9 Å². The summed E-state index contributed by atoms with van der Waals surface area (Å²) in [5.74, 6) is -0.549. The van der Waals surface area contributed by atoms with E-state index in [4.69, 9.17) is 11.6 Å². The van der Waals surface area contributed by atoms with E-state index in [2.05, 4.69) is 20.8 Å². The van der Waals surface area contributed by atoms with Crippen molar-refractivity contribution in [2.45, 2.75) is 6.92 Å². The van der Waals surface area contributed by atoms with Gasteiger partial charge in [-0.25, -0.2) is 4.79 Å². The second-order valence-corrected chi connectivity index (χ2v) is 5.69. The maximum absolute atomic E-state index is 11.2. The number of aryl methyl sites for hydroxylation is 1. The van der Waals surface area contributed by atoms with Crippen LogP contribution < -0.4 is 5.32 Å². The Kier molecular flexibility index (Phi) is 4.76. The Morgan fingerprint density at radius 3 is 2.72 bits per heavy atom. The van der Waals surface area contributed by atoms with Gasteiger partial charge in [0, 0.05) is 17.3 Å². The number of carboxylic acids is 1. The van der Waals surface area contributed by atoms with Crippen molar-refractivity contribution < 1.29 is 9.90 Å². The standard InChI is InChI=1S/C17H14ClN5O2/c1-11-2-5-13(6-3-11)23-16(20-21-22-23)8-9-19-15-10-12(18)4-7-14(15)17(24)25/h2-10,19H,1H3,(H,24,25). The second kappa shape index (κ2) is 7.14. The number of benzene rings is 2. The Hall–Kier alpha value is -3.19. The minimum atomic E-state index is -1.04. The molecule has 3 aromatic rings. The molecule has 0 aliphatic rings. The van der Waals surface area contributed by atoms with Gasteiger partial charge in [0.25, 0.3) is 0 Å². The van der Waals surface area contributed by atoms with Gasteiger partial charge >= 0.3 is 5.97 Å². The molecule has 0 amide bonds. The number of halogens is 1. The summed E-state index contributed by atoms with van der Waals surface area (Å²) in [5, 5.41) is 24.1. The van der Waals surface area contributed by atoms with Crippen LogP contribution in [-0.4, -0.2) is 31.3 Å². The number of nitrogens with zero attached hydrogens (tertiary/aromatic N) is 4. The molecule has 1 aromatic heterocycles. The fourth-order valence-corrected chi connectivity index (χ4v) is 2.37. The molecule has 8 heteroatoms. The molecule has 0 saturated heterocycles. The van der Waals surface area contributed by atoms with Crippen LogP contribution in [0.15, 0.2) is 48.7 Å². The molecule has 0 atom stereocenters. The molecule has 3 rings (SSSR count). The average molecular weight is 356 g/mol. The van der Waals surface area contributed by atoms with E-state index in [1.54, 1.807) is 17.0 Å². The van der Waals surface area contributed by atoms with Gasteiger partial charge in [0.2, 0.25) is 0 Å². The fraction of sp³-hybridized carbons (Fsp3) is 0.0588. The molecule has 0 unspecified atom stereocenters. The molecule has 0 aliphatic carbocycles. The molecule has 126 valence electrons. The highest BCUT2D eigenvalue weighted by molar-refractivity contribution is 6.31. The number of rotatable bonds is 5. The van der Waals surface area contributed by atoms with Crippen molar-refractivity contribution in [1.29, 1.82) is 0 Å². The molecule has 0 aliphatic heterocycles. The van der Waals surface area contributed by atoms with Crippen LogP contribution in [0.1, 0.15) is 21.7 Å². The monoisotopic (exact) mass is 355 g/mol. The van der Waals surface area contributed by atoms with E-state index in [0.717, 1.165) is 11.3 Å². The van der Waals surface area contributed by atoms with Gasteiger partial charge in [-0.3, -0.25) is 0 Å². The highest BCUT2D eigenvalue weighted by Crippen LogP contribution is 2.21. The number of carboxylic acid groups (broad SMARTS) is 1. The van der Waals surface area contributed by atoms with Crippen molar-refractivity contribution >= 4 is 29.3 Å². The number of tetrazole rings is 1. The van der Waals surface area contributed by atoms with E-state index in [1.165, 1.54) is 18.2 Å². The van der Waals surface area contributed by atoms with Gasteiger partial charge in [0.1, 0.15) is 0 Å². The smallest absolute Gasteiger partial charge is 0.337 e. The summed E-state index contributed by atoms with van der Waals surface area (Å²) in [6, 6.07) is 12.3. The van der Waals surface area contributed by atoms with Crippen LogP contribution in [0.5, 0.6) is 0 Å². The number of nitrogens with one attached hydrogen (secondary N) is 1. The normalized spacial score (nSPS) is 11.0. The van der Waals surface area contributed by atoms with E-state index < -0.39 is 5.97 Å². The van der Waals surface area contributed by atoms with E-state index in [9.17, 15) is 9.90 Å². The summed E-state index contributed by atoms with van der Waals surface area (Å²) in [7, 11) is 0. The predicted molar refractivity (Wildman–Crippen MR) is 95.0 cm³/mol. The lowest BCUT2D eigenvalue weighted by molar-refractivity contribution is 0.0698. The van der Waals surface area contributed by atoms with Crippen molar-refractivity contribution in [2.24, 2.45) is 0 Å². The summed E-state index contributed by atoms with van der Waals surface area (Å²) in [6.45, 7) is 2.00. The maximum atomic E-state index is 11.2. The highest BCUT2D eigenvalue weighted by atomic mass is 35.5. The number of aromatic carboxylic acids is 1. The molecule has 2 N–H and O–H groups in total. The largest absolute Gasteiger partial charge is 0.478 e. The SMILES string of the molecule is Cc1ccc(-n2nnnc2C=CNc2cc(Cl)ccc2C(=O)O)cc1. The summed E-state index contributed by atoms with van der Waals surface area (Å²) < 4.78 is 1.58. The summed E-state index contributed by atoms with van der Waals surface area (Å²) >= 11 is 5.92. The topological polar surface area (TPSA) is 92.9 Å². The predicted octanol–water partition coefficient (Wildman–Crippen LogP) is 3.41. The summed E-state index contributed by atoms with van der Waals surface area (Å²) in [4.78, 5) is 11.2. The first-order valence-corrected chi connectivity index (χ1v) is 7.74. The minimum absolute atomic E-state index is 0.118. The summed E-state index contributed by atoms with van der Waals surface area (Å²) in [5.41, 5.74) is 2.46. The lowest BCUT2D eigenvalue weighted by Crippen LogP contribution is -2.02. The first-order valence-electron chi connectivity index (χ1n) is 7.36. The number of aromatic nitrogens is 4. The molecule has 1 heterocycles. The minimum Gasteiger partial charge on any atom is -0.478 e. The van der Waals surface area contributed by atoms with Gasteiger partial charge in [-0.05, 0) is 47.7 Å². The Labute approximate surface area is 148 Å². The van der Waals surface area contributed by atoms with Crippen molar-refractivity contribution in [1.82, 2.24) is 20.2 Å². The van der Waals surface area contributed by atoms with Gasteiger partial charge in [0.15, 0.2) is 5.82 Å². The number of hydrogen-bond donors (Lipinski definition) is 2. The molecule has 0 fully saturated rings. The molecule has 0 spiro atoms. The zero-order valence-electron chi connectivity index (χ0n) is 13.2. The zero-order chi connectivity index (χ0) is 17.8. The van der Waals surface area contributed by atoms with E-state index >= 15 is 0 Å². The van der Waals surface area contributed by atoms with Gasteiger partial charge in [-0.15, -0.1) is 5.10 Å². The Bertz CT molecular complexity index is 934. The van der Waals surface area contributed by atoms with Crippen LogP contribution in [0, 0.1) is 6.92 Å². The molecule has 2 aromatic carbocycles. The van der Waals surface area contributed by atoms with E-state index in [0.29, 0.717) is 16.5 Å². The number of carbonyl (C=O) groups is 1. The van der Waals surface area contributed by atoms with Crippen LogP contribution in [0.3, 0.4) is 0 Å². The Balaban J connectivity index is 1.83. The van der Waals surface area contributed by atoms with Crippen LogP contribution in [0.25, 0.3) is 11.8 Å². The molecule has 0 radical (unpaired) electrons. The van der Waals surface area contributed by atoms with E-state index in [1.807, 2.05) is 31.2 Å². The van der Waals surface area contributed by atoms with Gasteiger partial charge < -0.3 is 10.4 Å². The second-order valence-electron chi connectivity index (χ2n) is 5.26. The molecular weight excluding hydrogens is 342 g/mol. The zero-order valence-corrected chi connectivity index (χ0v) is 14.0. The molecular formula is C17H14ClN5O2. The first-order chi connectivity index (χ1) is 12.0. The van der Waals surface area contributed by atoms with Crippen molar-refractivity contribution in [3.63, 3.8) is 0 Å². The van der Waals surface area contributed by atoms with Crippen molar-refractivity contribution in [3.05, 3.63) is 70.6 Å². The maximum Gasteiger partial charge on any atom is 0.337 e. The highest BCUT2D eigenvalue weighted by Gasteiger charge is 2.10. The lowest BCUT2D eigenvalue weighted by atomic mass is 10.2. The molecule has 7 nitrogen and oxygen atoms in total. The quantitative estimate of drug-likeness (QED) is 0.728. The third-order valence-corrected chi connectivity index (χ3v) is 3.69. The Morgan fingerprint density at radius 2 is 2.00 bits per heavy atom. The van der Waals surface area contributed by atoms with Gasteiger partial charge in [-0.1, -0.05) is 29.3 Å². The molecule has 0 bridgehead atoms.